The van der Waals surface area contributed by atoms with E-state index in [1.807, 2.05) is 25.1 Å². The number of ether oxygens (including phenoxy) is 1. The number of carbonyl (C=O) groups excluding carboxylic acids is 3. The molecule has 0 spiro atoms. The van der Waals surface area contributed by atoms with Gasteiger partial charge in [-0.2, -0.15) is 5.10 Å². The van der Waals surface area contributed by atoms with Crippen molar-refractivity contribution in [2.24, 2.45) is 5.10 Å². The molecule has 0 saturated heterocycles. The van der Waals surface area contributed by atoms with Gasteiger partial charge in [0.15, 0.2) is 0 Å². The maximum atomic E-state index is 12.9. The van der Waals surface area contributed by atoms with Crippen LogP contribution in [0.25, 0.3) is 10.1 Å². The minimum Gasteiger partial charge on any atom is -0.422 e. The summed E-state index contributed by atoms with van der Waals surface area (Å²) in [4.78, 5) is 38.4. The average molecular weight is 602 g/mol. The number of carbonyl (C=O) groups is 3. The average Bonchev–Trinajstić information content (AvgIpc) is 3.29. The minimum absolute atomic E-state index is 0.277. The second-order valence-corrected chi connectivity index (χ2v) is 10.8. The van der Waals surface area contributed by atoms with Crippen molar-refractivity contribution in [3.05, 3.63) is 128 Å². The standard InChI is InChI=1S/C31H21Cl2N3O4S/c1-18-6-15-24-26(16-18)41-28(27(24)33)30(38)35-23-13-9-19(10-14-23)29(37)36-34-17-21-4-2-3-5-25(21)40-31(39)20-7-11-22(32)12-8-20/h2-17H,1H3,(H,35,38)(H,36,37)/b34-17-. The fourth-order valence-corrected chi connectivity index (χ4v) is 5.50. The van der Waals surface area contributed by atoms with E-state index in [1.165, 1.54) is 17.6 Å². The molecule has 0 radical (unpaired) electrons. The Kier molecular flexibility index (Phi) is 8.45. The van der Waals surface area contributed by atoms with Crippen LogP contribution in [-0.4, -0.2) is 24.0 Å². The van der Waals surface area contributed by atoms with Gasteiger partial charge in [-0.05, 0) is 79.2 Å². The number of hydrazone groups is 1. The summed E-state index contributed by atoms with van der Waals surface area (Å²) in [5, 5.41) is 8.58. The Balaban J connectivity index is 1.20. The van der Waals surface area contributed by atoms with Gasteiger partial charge in [0.2, 0.25) is 0 Å². The number of nitrogens with one attached hydrogen (secondary N) is 2. The van der Waals surface area contributed by atoms with Crippen LogP contribution in [0.4, 0.5) is 5.69 Å². The molecule has 2 N–H and O–H groups in total. The van der Waals surface area contributed by atoms with E-state index in [1.54, 1.807) is 72.8 Å². The molecule has 0 aliphatic carbocycles. The maximum Gasteiger partial charge on any atom is 0.343 e. The van der Waals surface area contributed by atoms with Crippen LogP contribution >= 0.6 is 34.5 Å². The number of anilines is 1. The highest BCUT2D eigenvalue weighted by Gasteiger charge is 2.18. The molecule has 0 bridgehead atoms. The molecule has 0 aliphatic heterocycles. The van der Waals surface area contributed by atoms with Crippen molar-refractivity contribution in [2.45, 2.75) is 6.92 Å². The molecule has 0 fully saturated rings. The quantitative estimate of drug-likeness (QED) is 0.0862. The molecule has 41 heavy (non-hydrogen) atoms. The molecule has 0 aliphatic rings. The van der Waals surface area contributed by atoms with Gasteiger partial charge in [0, 0.05) is 31.9 Å². The summed E-state index contributed by atoms with van der Waals surface area (Å²) in [6, 6.07) is 25.3. The van der Waals surface area contributed by atoms with Crippen LogP contribution in [-0.2, 0) is 0 Å². The van der Waals surface area contributed by atoms with E-state index in [0.29, 0.717) is 37.3 Å². The Bertz CT molecular complexity index is 1800. The molecule has 0 saturated carbocycles. The lowest BCUT2D eigenvalue weighted by molar-refractivity contribution is 0.0734. The van der Waals surface area contributed by atoms with Gasteiger partial charge in [-0.25, -0.2) is 10.2 Å². The third-order valence-corrected chi connectivity index (χ3v) is 7.88. The third kappa shape index (κ3) is 6.63. The van der Waals surface area contributed by atoms with Gasteiger partial charge in [-0.1, -0.05) is 47.5 Å². The second-order valence-electron chi connectivity index (χ2n) is 8.91. The van der Waals surface area contributed by atoms with Gasteiger partial charge in [-0.3, -0.25) is 9.59 Å². The number of benzene rings is 4. The number of fused-ring (bicyclic) bond motifs is 1. The number of esters is 1. The van der Waals surface area contributed by atoms with E-state index in [-0.39, 0.29) is 11.7 Å². The maximum absolute atomic E-state index is 12.9. The van der Waals surface area contributed by atoms with Gasteiger partial charge < -0.3 is 10.1 Å². The molecule has 5 aromatic rings. The van der Waals surface area contributed by atoms with Gasteiger partial charge >= 0.3 is 5.97 Å². The first-order valence-electron chi connectivity index (χ1n) is 12.3. The molecule has 204 valence electrons. The molecule has 7 nitrogen and oxygen atoms in total. The third-order valence-electron chi connectivity index (χ3n) is 5.97. The molecule has 1 heterocycles. The molecule has 2 amide bonds. The molecular weight excluding hydrogens is 581 g/mol. The lowest BCUT2D eigenvalue weighted by atomic mass is 10.2. The predicted molar refractivity (Wildman–Crippen MR) is 164 cm³/mol. The monoisotopic (exact) mass is 601 g/mol. The minimum atomic E-state index is -0.552. The van der Waals surface area contributed by atoms with E-state index in [4.69, 9.17) is 27.9 Å². The Labute approximate surface area is 249 Å². The van der Waals surface area contributed by atoms with Crippen molar-refractivity contribution >= 4 is 74.3 Å². The molecule has 0 unspecified atom stereocenters. The highest BCUT2D eigenvalue weighted by Crippen LogP contribution is 2.36. The largest absolute Gasteiger partial charge is 0.422 e. The fraction of sp³-hybridized carbons (Fsp3) is 0.0323. The van der Waals surface area contributed by atoms with E-state index < -0.39 is 11.9 Å². The Morgan fingerprint density at radius 2 is 1.56 bits per heavy atom. The fourth-order valence-electron chi connectivity index (χ4n) is 3.86. The lowest BCUT2D eigenvalue weighted by Gasteiger charge is -2.07. The summed E-state index contributed by atoms with van der Waals surface area (Å²) in [5.41, 5.74) is 5.21. The van der Waals surface area contributed by atoms with Crippen molar-refractivity contribution in [2.75, 3.05) is 5.32 Å². The van der Waals surface area contributed by atoms with Gasteiger partial charge in [-0.15, -0.1) is 11.3 Å². The number of rotatable bonds is 7. The number of amides is 2. The molecule has 1 aromatic heterocycles. The van der Waals surface area contributed by atoms with Crippen molar-refractivity contribution in [3.63, 3.8) is 0 Å². The zero-order valence-electron chi connectivity index (χ0n) is 21.5. The van der Waals surface area contributed by atoms with Gasteiger partial charge in [0.05, 0.1) is 16.8 Å². The highest BCUT2D eigenvalue weighted by molar-refractivity contribution is 7.21. The van der Waals surface area contributed by atoms with Crippen LogP contribution in [0.2, 0.25) is 10.0 Å². The normalized spacial score (nSPS) is 11.0. The van der Waals surface area contributed by atoms with E-state index >= 15 is 0 Å². The summed E-state index contributed by atoms with van der Waals surface area (Å²) >= 11 is 13.7. The summed E-state index contributed by atoms with van der Waals surface area (Å²) in [6.45, 7) is 1.98. The number of halogens is 2. The number of hydrogen-bond acceptors (Lipinski definition) is 6. The van der Waals surface area contributed by atoms with Crippen LogP contribution in [0, 0.1) is 6.92 Å². The first-order valence-corrected chi connectivity index (χ1v) is 13.9. The number of para-hydroxylation sites is 1. The summed E-state index contributed by atoms with van der Waals surface area (Å²) < 4.78 is 6.43. The van der Waals surface area contributed by atoms with E-state index in [0.717, 1.165) is 15.6 Å². The molecular formula is C31H21Cl2N3O4S. The Morgan fingerprint density at radius 1 is 0.854 bits per heavy atom. The summed E-state index contributed by atoms with van der Waals surface area (Å²) in [5.74, 6) is -1.06. The first kappa shape index (κ1) is 28.0. The smallest absolute Gasteiger partial charge is 0.343 e. The van der Waals surface area contributed by atoms with Crippen molar-refractivity contribution in [3.8, 4) is 5.75 Å². The van der Waals surface area contributed by atoms with Crippen LogP contribution < -0.4 is 15.5 Å². The Morgan fingerprint density at radius 3 is 2.32 bits per heavy atom. The zero-order valence-corrected chi connectivity index (χ0v) is 23.8. The number of aryl methyl sites for hydroxylation is 1. The van der Waals surface area contributed by atoms with Crippen molar-refractivity contribution < 1.29 is 19.1 Å². The highest BCUT2D eigenvalue weighted by atomic mass is 35.5. The summed E-state index contributed by atoms with van der Waals surface area (Å²) in [7, 11) is 0. The summed E-state index contributed by atoms with van der Waals surface area (Å²) in [6.07, 6.45) is 1.38. The first-order chi connectivity index (χ1) is 19.8. The van der Waals surface area contributed by atoms with Crippen LogP contribution in [0.15, 0.2) is 96.1 Å². The SMILES string of the molecule is Cc1ccc2c(Cl)c(C(=O)Nc3ccc(C(=O)N/N=C\c4ccccc4OC(=O)c4ccc(Cl)cc4)cc3)sc2c1. The van der Waals surface area contributed by atoms with Gasteiger partial charge in [0.1, 0.15) is 10.6 Å². The Hall–Kier alpha value is -4.50. The van der Waals surface area contributed by atoms with Crippen molar-refractivity contribution in [1.29, 1.82) is 0 Å². The molecule has 0 atom stereocenters. The molecule has 5 rings (SSSR count). The number of hydrogen-bond donors (Lipinski definition) is 2. The predicted octanol–water partition coefficient (Wildman–Crippen LogP) is 7.75. The number of thiophene rings is 1. The van der Waals surface area contributed by atoms with E-state index in [2.05, 4.69) is 15.8 Å². The van der Waals surface area contributed by atoms with Crippen LogP contribution in [0.1, 0.15) is 41.5 Å². The van der Waals surface area contributed by atoms with Crippen molar-refractivity contribution in [1.82, 2.24) is 5.43 Å². The van der Waals surface area contributed by atoms with Crippen LogP contribution in [0.5, 0.6) is 5.75 Å². The van der Waals surface area contributed by atoms with Crippen LogP contribution in [0.3, 0.4) is 0 Å². The lowest BCUT2D eigenvalue weighted by Crippen LogP contribution is -2.18. The second kappa shape index (κ2) is 12.3. The molecule has 10 heteroatoms. The van der Waals surface area contributed by atoms with E-state index in [9.17, 15) is 14.4 Å². The topological polar surface area (TPSA) is 96.9 Å². The zero-order chi connectivity index (χ0) is 28.9. The van der Waals surface area contributed by atoms with Gasteiger partial charge in [0.25, 0.3) is 11.8 Å². The molecule has 4 aromatic carbocycles. The number of nitrogens with zero attached hydrogens (tertiary/aromatic N) is 1.